The number of aliphatic imine (C=N–C) groups is 1. The van der Waals surface area contributed by atoms with Gasteiger partial charge >= 0.3 is 6.18 Å². The van der Waals surface area contributed by atoms with Crippen LogP contribution in [0.2, 0.25) is 15.1 Å². The summed E-state index contributed by atoms with van der Waals surface area (Å²) in [6.45, 7) is 0. The third-order valence-electron chi connectivity index (χ3n) is 3.42. The maximum atomic E-state index is 12.9. The Bertz CT molecular complexity index is 865. The number of hydrogen-bond donors (Lipinski definition) is 0. The summed E-state index contributed by atoms with van der Waals surface area (Å²) < 4.78 is 38.6. The van der Waals surface area contributed by atoms with Crippen molar-refractivity contribution in [3.05, 3.63) is 62.4 Å². The minimum atomic E-state index is -4.63. The van der Waals surface area contributed by atoms with Gasteiger partial charge in [-0.25, -0.2) is 4.99 Å². The standard InChI is InChI=1S/C17H13Cl3F3N3O/c1-26(2)8-25-16(27)14(13-10(18)4-3-5-11(13)19)15-12(20)6-9(7-24-15)17(21,22)23/h3-8,14H,1-2H3. The molecule has 0 fully saturated rings. The monoisotopic (exact) mass is 437 g/mol. The summed E-state index contributed by atoms with van der Waals surface area (Å²) in [5.41, 5.74) is -0.999. The van der Waals surface area contributed by atoms with Crippen molar-refractivity contribution in [2.45, 2.75) is 12.1 Å². The summed E-state index contributed by atoms with van der Waals surface area (Å²) in [7, 11) is 3.30. The van der Waals surface area contributed by atoms with Crippen LogP contribution in [-0.2, 0) is 11.0 Å². The molecule has 0 saturated heterocycles. The molecule has 144 valence electrons. The Kier molecular flexibility index (Phi) is 6.72. The average Bonchev–Trinajstić information content (AvgIpc) is 2.56. The summed E-state index contributed by atoms with van der Waals surface area (Å²) >= 11 is 18.4. The zero-order valence-corrected chi connectivity index (χ0v) is 16.3. The number of pyridine rings is 1. The highest BCUT2D eigenvalue weighted by Gasteiger charge is 2.35. The van der Waals surface area contributed by atoms with Gasteiger partial charge in [-0.2, -0.15) is 13.2 Å². The summed E-state index contributed by atoms with van der Waals surface area (Å²) in [5, 5.41) is -0.0726. The molecule has 0 aliphatic carbocycles. The van der Waals surface area contributed by atoms with Gasteiger partial charge in [0.15, 0.2) is 0 Å². The van der Waals surface area contributed by atoms with E-state index in [1.807, 2.05) is 0 Å². The molecule has 1 atom stereocenters. The van der Waals surface area contributed by atoms with Crippen molar-refractivity contribution < 1.29 is 18.0 Å². The predicted octanol–water partition coefficient (Wildman–Crippen LogP) is 5.31. The van der Waals surface area contributed by atoms with Crippen molar-refractivity contribution in [2.75, 3.05) is 14.1 Å². The van der Waals surface area contributed by atoms with Gasteiger partial charge in [0.05, 0.1) is 22.6 Å². The molecule has 1 aromatic carbocycles. The molecule has 1 amide bonds. The fourth-order valence-electron chi connectivity index (χ4n) is 2.23. The van der Waals surface area contributed by atoms with E-state index in [1.54, 1.807) is 20.2 Å². The minimum absolute atomic E-state index is 0.124. The van der Waals surface area contributed by atoms with Crippen LogP contribution >= 0.6 is 34.8 Å². The van der Waals surface area contributed by atoms with Gasteiger partial charge in [0.1, 0.15) is 5.92 Å². The van der Waals surface area contributed by atoms with E-state index in [0.29, 0.717) is 12.3 Å². The van der Waals surface area contributed by atoms with E-state index >= 15 is 0 Å². The van der Waals surface area contributed by atoms with Crippen molar-refractivity contribution in [3.63, 3.8) is 0 Å². The number of rotatable bonds is 4. The molecular weight excluding hydrogens is 426 g/mol. The second-order valence-corrected chi connectivity index (χ2v) is 6.93. The molecule has 1 aromatic heterocycles. The number of nitrogens with zero attached hydrogens (tertiary/aromatic N) is 3. The quantitative estimate of drug-likeness (QED) is 0.480. The van der Waals surface area contributed by atoms with Crippen molar-refractivity contribution >= 4 is 47.0 Å². The number of aromatic nitrogens is 1. The van der Waals surface area contributed by atoms with Gasteiger partial charge in [0.25, 0.3) is 5.91 Å². The van der Waals surface area contributed by atoms with Crippen LogP contribution in [0.3, 0.4) is 0 Å². The largest absolute Gasteiger partial charge is 0.417 e. The van der Waals surface area contributed by atoms with E-state index < -0.39 is 23.6 Å². The lowest BCUT2D eigenvalue weighted by molar-refractivity contribution is -0.137. The Morgan fingerprint density at radius 1 is 1.19 bits per heavy atom. The molecule has 1 unspecified atom stereocenters. The Labute approximate surface area is 168 Å². The lowest BCUT2D eigenvalue weighted by Crippen LogP contribution is -2.18. The molecule has 27 heavy (non-hydrogen) atoms. The third-order valence-corrected chi connectivity index (χ3v) is 4.38. The second-order valence-electron chi connectivity index (χ2n) is 5.70. The number of halogens is 6. The van der Waals surface area contributed by atoms with E-state index in [1.165, 1.54) is 23.4 Å². The molecule has 0 aliphatic rings. The molecule has 0 spiro atoms. The Morgan fingerprint density at radius 2 is 1.78 bits per heavy atom. The normalized spacial score (nSPS) is 13.0. The lowest BCUT2D eigenvalue weighted by atomic mass is 9.93. The van der Waals surface area contributed by atoms with Crippen molar-refractivity contribution in [1.82, 2.24) is 9.88 Å². The van der Waals surface area contributed by atoms with Crippen LogP contribution in [0.1, 0.15) is 22.7 Å². The highest BCUT2D eigenvalue weighted by Crippen LogP contribution is 2.40. The Hall–Kier alpha value is -1.83. The first kappa shape index (κ1) is 21.5. The number of benzene rings is 1. The molecule has 2 rings (SSSR count). The van der Waals surface area contributed by atoms with Crippen LogP contribution in [0, 0.1) is 0 Å². The van der Waals surface area contributed by atoms with Crippen LogP contribution in [-0.4, -0.2) is 36.2 Å². The first-order valence-electron chi connectivity index (χ1n) is 7.43. The van der Waals surface area contributed by atoms with Crippen molar-refractivity contribution in [2.24, 2.45) is 4.99 Å². The van der Waals surface area contributed by atoms with E-state index in [0.717, 1.165) is 0 Å². The van der Waals surface area contributed by atoms with Gasteiger partial charge in [0.2, 0.25) is 0 Å². The van der Waals surface area contributed by atoms with Gasteiger partial charge in [-0.1, -0.05) is 40.9 Å². The number of hydrogen-bond acceptors (Lipinski definition) is 2. The molecule has 1 heterocycles. The SMILES string of the molecule is CN(C)C=NC(=O)C(c1ncc(C(F)(F)F)cc1Cl)c1c(Cl)cccc1Cl. The summed E-state index contributed by atoms with van der Waals surface area (Å²) in [4.78, 5) is 21.8. The molecule has 10 heteroatoms. The zero-order valence-electron chi connectivity index (χ0n) is 14.1. The summed E-state index contributed by atoms with van der Waals surface area (Å²) in [6, 6.07) is 5.26. The third kappa shape index (κ3) is 5.12. The van der Waals surface area contributed by atoms with E-state index in [9.17, 15) is 18.0 Å². The number of carbonyl (C=O) groups excluding carboxylic acids is 1. The van der Waals surface area contributed by atoms with E-state index in [4.69, 9.17) is 34.8 Å². The van der Waals surface area contributed by atoms with Gasteiger partial charge < -0.3 is 4.90 Å². The number of amides is 1. The maximum absolute atomic E-state index is 12.9. The molecule has 2 aromatic rings. The Balaban J connectivity index is 2.65. The maximum Gasteiger partial charge on any atom is 0.417 e. The summed E-state index contributed by atoms with van der Waals surface area (Å²) in [5.74, 6) is -2.00. The first-order valence-corrected chi connectivity index (χ1v) is 8.56. The molecular formula is C17H13Cl3F3N3O. The fraction of sp³-hybridized carbons (Fsp3) is 0.235. The van der Waals surface area contributed by atoms with Crippen molar-refractivity contribution in [3.8, 4) is 0 Å². The van der Waals surface area contributed by atoms with E-state index in [-0.39, 0.29) is 26.3 Å². The zero-order chi connectivity index (χ0) is 20.4. The van der Waals surface area contributed by atoms with Crippen LogP contribution < -0.4 is 0 Å². The molecule has 0 N–H and O–H groups in total. The fourth-order valence-corrected chi connectivity index (χ4v) is 3.12. The van der Waals surface area contributed by atoms with Gasteiger partial charge in [-0.15, -0.1) is 0 Å². The van der Waals surface area contributed by atoms with Crippen LogP contribution in [0.25, 0.3) is 0 Å². The minimum Gasteiger partial charge on any atom is -0.369 e. The first-order chi connectivity index (χ1) is 12.5. The predicted molar refractivity (Wildman–Crippen MR) is 99.7 cm³/mol. The van der Waals surface area contributed by atoms with Gasteiger partial charge in [-0.3, -0.25) is 9.78 Å². The highest BCUT2D eigenvalue weighted by atomic mass is 35.5. The molecule has 0 aliphatic heterocycles. The van der Waals surface area contributed by atoms with Crippen molar-refractivity contribution in [1.29, 1.82) is 0 Å². The van der Waals surface area contributed by atoms with Gasteiger partial charge in [0, 0.05) is 35.9 Å². The van der Waals surface area contributed by atoms with E-state index in [2.05, 4.69) is 9.98 Å². The topological polar surface area (TPSA) is 45.6 Å². The smallest absolute Gasteiger partial charge is 0.369 e. The summed E-state index contributed by atoms with van der Waals surface area (Å²) in [6.07, 6.45) is -2.78. The second kappa shape index (κ2) is 8.46. The molecule has 4 nitrogen and oxygen atoms in total. The molecule has 0 saturated carbocycles. The van der Waals surface area contributed by atoms with Gasteiger partial charge in [-0.05, 0) is 18.2 Å². The number of alkyl halides is 3. The lowest BCUT2D eigenvalue weighted by Gasteiger charge is -2.19. The molecule has 0 radical (unpaired) electrons. The highest BCUT2D eigenvalue weighted by molar-refractivity contribution is 6.37. The number of carbonyl (C=O) groups is 1. The molecule has 0 bridgehead atoms. The van der Waals surface area contributed by atoms with Crippen LogP contribution in [0.15, 0.2) is 35.5 Å². The average molecular weight is 439 g/mol. The van der Waals surface area contributed by atoms with Crippen LogP contribution in [0.5, 0.6) is 0 Å². The Morgan fingerprint density at radius 3 is 2.26 bits per heavy atom. The van der Waals surface area contributed by atoms with Crippen LogP contribution in [0.4, 0.5) is 13.2 Å².